The Labute approximate surface area is 217 Å². The van der Waals surface area contributed by atoms with Gasteiger partial charge in [-0.25, -0.2) is 9.98 Å². The second kappa shape index (κ2) is 9.71. The topological polar surface area (TPSA) is 40.5 Å². The molecule has 3 nitrogen and oxygen atoms in total. The molecule has 0 amide bonds. The van der Waals surface area contributed by atoms with Crippen molar-refractivity contribution in [2.45, 2.75) is 13.8 Å². The molecule has 3 heteroatoms. The van der Waals surface area contributed by atoms with Gasteiger partial charge in [-0.2, -0.15) is 0 Å². The summed E-state index contributed by atoms with van der Waals surface area (Å²) in [6.45, 7) is 4.21. The summed E-state index contributed by atoms with van der Waals surface area (Å²) in [5.74, 6) is 1.51. The van der Waals surface area contributed by atoms with Crippen molar-refractivity contribution in [2.75, 3.05) is 0 Å². The van der Waals surface area contributed by atoms with E-state index in [-0.39, 0.29) is 0 Å². The zero-order valence-electron chi connectivity index (χ0n) is 20.9. The molecule has 6 rings (SSSR count). The maximum atomic E-state index is 5.16. The van der Waals surface area contributed by atoms with Gasteiger partial charge in [-0.05, 0) is 42.7 Å². The molecule has 178 valence electrons. The van der Waals surface area contributed by atoms with Gasteiger partial charge in [0.2, 0.25) is 0 Å². The standard InChI is InChI=1S/C34H27N3/c1-23-13-17-25(18-14-23)29-21-31(27-9-5-3-6-10-27)35-33(29)37-34-30(26-19-15-24(2)16-20-26)22-32(36-34)28-11-7-4-8-12-28/h3-22,35H,1-2H3/b37-34-. The van der Waals surface area contributed by atoms with E-state index in [4.69, 9.17) is 9.98 Å². The van der Waals surface area contributed by atoms with Gasteiger partial charge in [0.25, 0.3) is 0 Å². The Bertz CT molecular complexity index is 1630. The highest BCUT2D eigenvalue weighted by Crippen LogP contribution is 2.37. The Balaban J connectivity index is 1.52. The molecule has 0 radical (unpaired) electrons. The number of nitrogens with zero attached hydrogens (tertiary/aromatic N) is 2. The third-order valence-corrected chi connectivity index (χ3v) is 6.64. The van der Waals surface area contributed by atoms with Crippen LogP contribution in [0, 0.1) is 13.8 Å². The molecule has 0 saturated heterocycles. The number of hydrogen-bond donors (Lipinski definition) is 1. The number of hydrogen-bond acceptors (Lipinski definition) is 1. The summed E-state index contributed by atoms with van der Waals surface area (Å²) < 4.78 is 0. The molecule has 5 aromatic rings. The Hall–Kier alpha value is -4.76. The number of allylic oxidation sites excluding steroid dienone is 1. The first-order valence-electron chi connectivity index (χ1n) is 12.5. The monoisotopic (exact) mass is 477 g/mol. The number of aryl methyl sites for hydroxylation is 2. The highest BCUT2D eigenvalue weighted by molar-refractivity contribution is 6.38. The molecule has 0 fully saturated rings. The maximum absolute atomic E-state index is 5.16. The molecule has 2 heterocycles. The minimum atomic E-state index is 0.706. The molecule has 0 aliphatic carbocycles. The Morgan fingerprint density at radius 2 is 1.16 bits per heavy atom. The lowest BCUT2D eigenvalue weighted by molar-refractivity contribution is 1.33. The van der Waals surface area contributed by atoms with E-state index in [0.717, 1.165) is 50.6 Å². The van der Waals surface area contributed by atoms with Crippen LogP contribution in [0.15, 0.2) is 131 Å². The third kappa shape index (κ3) is 4.72. The fourth-order valence-electron chi connectivity index (χ4n) is 4.56. The highest BCUT2D eigenvalue weighted by atomic mass is 15.0. The second-order valence-electron chi connectivity index (χ2n) is 9.40. The first-order chi connectivity index (χ1) is 18.1. The lowest BCUT2D eigenvalue weighted by Gasteiger charge is -2.06. The Kier molecular flexibility index (Phi) is 5.95. The van der Waals surface area contributed by atoms with Crippen LogP contribution in [0.25, 0.3) is 28.0 Å². The summed E-state index contributed by atoms with van der Waals surface area (Å²) in [7, 11) is 0. The van der Waals surface area contributed by atoms with Crippen LogP contribution in [0.5, 0.6) is 0 Å². The van der Waals surface area contributed by atoms with Crippen molar-refractivity contribution in [2.24, 2.45) is 9.98 Å². The summed E-state index contributed by atoms with van der Waals surface area (Å²) in [6, 6.07) is 40.0. The molecule has 0 bridgehead atoms. The van der Waals surface area contributed by atoms with Crippen molar-refractivity contribution >= 4 is 22.9 Å². The van der Waals surface area contributed by atoms with E-state index in [1.165, 1.54) is 11.1 Å². The minimum absolute atomic E-state index is 0.706. The molecule has 0 unspecified atom stereocenters. The largest absolute Gasteiger partial charge is 0.339 e. The molecular weight excluding hydrogens is 450 g/mol. The minimum Gasteiger partial charge on any atom is -0.339 e. The van der Waals surface area contributed by atoms with Gasteiger partial charge in [-0.3, -0.25) is 0 Å². The molecule has 1 aromatic heterocycles. The fraction of sp³-hybridized carbons (Fsp3) is 0.0588. The van der Waals surface area contributed by atoms with Crippen LogP contribution in [-0.2, 0) is 0 Å². The van der Waals surface area contributed by atoms with E-state index in [1.54, 1.807) is 0 Å². The van der Waals surface area contributed by atoms with Crippen molar-refractivity contribution in [1.82, 2.24) is 4.98 Å². The number of aliphatic imine (C=N–C) groups is 2. The summed E-state index contributed by atoms with van der Waals surface area (Å²) in [5.41, 5.74) is 10.9. The molecule has 1 aliphatic rings. The zero-order valence-corrected chi connectivity index (χ0v) is 20.9. The van der Waals surface area contributed by atoms with E-state index in [2.05, 4.69) is 116 Å². The number of benzene rings is 4. The summed E-state index contributed by atoms with van der Waals surface area (Å²) >= 11 is 0. The van der Waals surface area contributed by atoms with Gasteiger partial charge < -0.3 is 4.98 Å². The van der Waals surface area contributed by atoms with Gasteiger partial charge in [0, 0.05) is 22.4 Å². The maximum Gasteiger partial charge on any atom is 0.162 e. The van der Waals surface area contributed by atoms with Crippen molar-refractivity contribution < 1.29 is 0 Å². The first kappa shape index (κ1) is 22.7. The third-order valence-electron chi connectivity index (χ3n) is 6.64. The van der Waals surface area contributed by atoms with Gasteiger partial charge in [0.05, 0.1) is 5.71 Å². The predicted octanol–water partition coefficient (Wildman–Crippen LogP) is 8.58. The number of aromatic nitrogens is 1. The Morgan fingerprint density at radius 3 is 1.78 bits per heavy atom. The van der Waals surface area contributed by atoms with Gasteiger partial charge in [-0.1, -0.05) is 120 Å². The van der Waals surface area contributed by atoms with Crippen molar-refractivity contribution in [3.63, 3.8) is 0 Å². The Morgan fingerprint density at radius 1 is 0.595 bits per heavy atom. The van der Waals surface area contributed by atoms with Crippen LogP contribution >= 0.6 is 0 Å². The lowest BCUT2D eigenvalue weighted by atomic mass is 10.0. The van der Waals surface area contributed by atoms with E-state index < -0.39 is 0 Å². The number of rotatable bonds is 5. The predicted molar refractivity (Wildman–Crippen MR) is 156 cm³/mol. The lowest BCUT2D eigenvalue weighted by Crippen LogP contribution is -1.96. The SMILES string of the molecule is Cc1ccc(C2=CC(c3ccccc3)=N/C2=N\c2[nH]c(-c3ccccc3)cc2-c2ccc(C)cc2)cc1. The van der Waals surface area contributed by atoms with Gasteiger partial charge >= 0.3 is 0 Å². The van der Waals surface area contributed by atoms with Crippen molar-refractivity contribution in [3.05, 3.63) is 144 Å². The zero-order chi connectivity index (χ0) is 25.2. The van der Waals surface area contributed by atoms with E-state index in [0.29, 0.717) is 5.84 Å². The summed E-state index contributed by atoms with van der Waals surface area (Å²) in [4.78, 5) is 13.8. The van der Waals surface area contributed by atoms with Gasteiger partial charge in [0.1, 0.15) is 5.82 Å². The number of nitrogens with one attached hydrogen (secondary N) is 1. The smallest absolute Gasteiger partial charge is 0.162 e. The molecule has 37 heavy (non-hydrogen) atoms. The van der Waals surface area contributed by atoms with E-state index in [1.807, 2.05) is 24.3 Å². The number of amidine groups is 1. The average Bonchev–Trinajstić information content (AvgIpc) is 3.56. The summed E-state index contributed by atoms with van der Waals surface area (Å²) in [6.07, 6.45) is 2.14. The van der Waals surface area contributed by atoms with Crippen LogP contribution in [0.2, 0.25) is 0 Å². The van der Waals surface area contributed by atoms with Gasteiger partial charge in [-0.15, -0.1) is 0 Å². The molecule has 4 aromatic carbocycles. The van der Waals surface area contributed by atoms with Crippen LogP contribution < -0.4 is 0 Å². The molecule has 1 N–H and O–H groups in total. The van der Waals surface area contributed by atoms with Crippen LogP contribution in [0.4, 0.5) is 5.82 Å². The van der Waals surface area contributed by atoms with Crippen LogP contribution in [0.3, 0.4) is 0 Å². The number of H-pyrrole nitrogens is 1. The van der Waals surface area contributed by atoms with Gasteiger partial charge in [0.15, 0.2) is 5.84 Å². The van der Waals surface area contributed by atoms with Crippen LogP contribution in [0.1, 0.15) is 22.3 Å². The van der Waals surface area contributed by atoms with Crippen molar-refractivity contribution in [3.8, 4) is 22.4 Å². The molecule has 0 spiro atoms. The van der Waals surface area contributed by atoms with Crippen molar-refractivity contribution in [1.29, 1.82) is 0 Å². The average molecular weight is 478 g/mol. The highest BCUT2D eigenvalue weighted by Gasteiger charge is 2.21. The fourth-order valence-corrected chi connectivity index (χ4v) is 4.56. The molecule has 0 atom stereocenters. The molecule has 0 saturated carbocycles. The normalized spacial score (nSPS) is 14.1. The quantitative estimate of drug-likeness (QED) is 0.263. The first-order valence-corrected chi connectivity index (χ1v) is 12.5. The molecule has 1 aliphatic heterocycles. The second-order valence-corrected chi connectivity index (χ2v) is 9.40. The number of aromatic amines is 1. The summed E-state index contributed by atoms with van der Waals surface area (Å²) in [5, 5.41) is 0. The van der Waals surface area contributed by atoms with E-state index in [9.17, 15) is 0 Å². The van der Waals surface area contributed by atoms with Crippen LogP contribution in [-0.4, -0.2) is 16.5 Å². The van der Waals surface area contributed by atoms with E-state index >= 15 is 0 Å². The molecular formula is C34H27N3.